The van der Waals surface area contributed by atoms with Crippen LogP contribution in [0.2, 0.25) is 0 Å². The average Bonchev–Trinajstić information content (AvgIpc) is 3.01. The van der Waals surface area contributed by atoms with Gasteiger partial charge in [-0.15, -0.1) is 0 Å². The maximum Gasteiger partial charge on any atom is 0.246 e. The number of amides is 2. The number of hydrogen-bond donors (Lipinski definition) is 1. The van der Waals surface area contributed by atoms with E-state index in [2.05, 4.69) is 5.32 Å². The van der Waals surface area contributed by atoms with E-state index < -0.39 is 5.54 Å². The molecule has 1 N–H and O–H groups in total. The van der Waals surface area contributed by atoms with Crippen molar-refractivity contribution in [3.8, 4) is 0 Å². The second-order valence-electron chi connectivity index (χ2n) is 6.09. The van der Waals surface area contributed by atoms with Crippen molar-refractivity contribution in [1.82, 2.24) is 10.2 Å². The van der Waals surface area contributed by atoms with Crippen LogP contribution < -0.4 is 5.32 Å². The Morgan fingerprint density at radius 3 is 2.52 bits per heavy atom. The number of rotatable bonds is 6. The Hall–Kier alpha value is -1.10. The maximum absolute atomic E-state index is 12.7. The molecule has 2 aliphatic heterocycles. The summed E-state index contributed by atoms with van der Waals surface area (Å²) in [5.74, 6) is 0.0742. The van der Waals surface area contributed by atoms with Gasteiger partial charge in [0.2, 0.25) is 11.8 Å². The van der Waals surface area contributed by atoms with E-state index in [1.165, 1.54) is 0 Å². The van der Waals surface area contributed by atoms with Crippen LogP contribution in [0.25, 0.3) is 0 Å². The molecule has 2 fully saturated rings. The predicted octanol–water partition coefficient (Wildman–Crippen LogP) is 1.85. The summed E-state index contributed by atoms with van der Waals surface area (Å²) in [6.45, 7) is 7.36. The fraction of sp³-hybridized carbons (Fsp3) is 0.875. The van der Waals surface area contributed by atoms with Gasteiger partial charge in [0.25, 0.3) is 0 Å². The summed E-state index contributed by atoms with van der Waals surface area (Å²) in [5, 5.41) is 2.91. The third-order valence-electron chi connectivity index (χ3n) is 5.09. The Balaban J connectivity index is 2.16. The lowest BCUT2D eigenvalue weighted by molar-refractivity contribution is -0.159. The van der Waals surface area contributed by atoms with Gasteiger partial charge in [0, 0.05) is 13.2 Å². The fourth-order valence-corrected chi connectivity index (χ4v) is 3.57. The van der Waals surface area contributed by atoms with Gasteiger partial charge < -0.3 is 15.0 Å². The molecular weight excluding hydrogens is 268 g/mol. The summed E-state index contributed by atoms with van der Waals surface area (Å²) >= 11 is 0. The van der Waals surface area contributed by atoms with Crippen molar-refractivity contribution in [2.75, 3.05) is 13.2 Å². The van der Waals surface area contributed by atoms with Crippen molar-refractivity contribution in [3.63, 3.8) is 0 Å². The molecule has 0 aromatic carbocycles. The highest BCUT2D eigenvalue weighted by molar-refractivity contribution is 5.99. The van der Waals surface area contributed by atoms with Crippen molar-refractivity contribution < 1.29 is 14.3 Å². The molecule has 0 aromatic heterocycles. The first-order chi connectivity index (χ1) is 10.1. The zero-order valence-electron chi connectivity index (χ0n) is 13.5. The molecule has 2 heterocycles. The number of carbonyl (C=O) groups excluding carboxylic acids is 2. The normalized spacial score (nSPS) is 28.8. The molecule has 0 bridgehead atoms. The SMILES string of the molecule is CCC1NC(=O)C(CC)(CC)N(CCC2CCCO2)C1=O. The van der Waals surface area contributed by atoms with Gasteiger partial charge in [-0.3, -0.25) is 9.59 Å². The summed E-state index contributed by atoms with van der Waals surface area (Å²) in [7, 11) is 0. The van der Waals surface area contributed by atoms with Crippen molar-refractivity contribution in [2.24, 2.45) is 0 Å². The van der Waals surface area contributed by atoms with E-state index in [0.717, 1.165) is 25.9 Å². The van der Waals surface area contributed by atoms with Crippen LogP contribution in [0.15, 0.2) is 0 Å². The highest BCUT2D eigenvalue weighted by Crippen LogP contribution is 2.30. The Morgan fingerprint density at radius 1 is 1.29 bits per heavy atom. The van der Waals surface area contributed by atoms with E-state index in [1.54, 1.807) is 0 Å². The van der Waals surface area contributed by atoms with Crippen LogP contribution in [0.3, 0.4) is 0 Å². The van der Waals surface area contributed by atoms with E-state index in [-0.39, 0.29) is 24.0 Å². The van der Waals surface area contributed by atoms with Gasteiger partial charge in [-0.05, 0) is 38.5 Å². The molecule has 2 saturated heterocycles. The van der Waals surface area contributed by atoms with Crippen molar-refractivity contribution in [2.45, 2.75) is 77.0 Å². The Bertz CT molecular complexity index is 387. The number of hydrogen-bond acceptors (Lipinski definition) is 3. The number of carbonyl (C=O) groups is 2. The molecular formula is C16H28N2O3. The summed E-state index contributed by atoms with van der Waals surface area (Å²) in [5.41, 5.74) is -0.679. The first kappa shape index (κ1) is 16.3. The molecule has 2 unspecified atom stereocenters. The zero-order valence-corrected chi connectivity index (χ0v) is 13.5. The topological polar surface area (TPSA) is 58.6 Å². The summed E-state index contributed by atoms with van der Waals surface area (Å²) < 4.78 is 5.66. The van der Waals surface area contributed by atoms with Crippen LogP contribution in [0.5, 0.6) is 0 Å². The number of ether oxygens (including phenoxy) is 1. The monoisotopic (exact) mass is 296 g/mol. The predicted molar refractivity (Wildman–Crippen MR) is 80.8 cm³/mol. The van der Waals surface area contributed by atoms with E-state index in [1.807, 2.05) is 25.7 Å². The van der Waals surface area contributed by atoms with Crippen LogP contribution in [-0.4, -0.2) is 47.6 Å². The Morgan fingerprint density at radius 2 is 2.00 bits per heavy atom. The zero-order chi connectivity index (χ0) is 15.5. The number of piperazine rings is 1. The highest BCUT2D eigenvalue weighted by Gasteiger charge is 2.49. The minimum absolute atomic E-state index is 0.00582. The first-order valence-corrected chi connectivity index (χ1v) is 8.33. The minimum Gasteiger partial charge on any atom is -0.378 e. The molecule has 0 saturated carbocycles. The molecule has 2 aliphatic rings. The van der Waals surface area contributed by atoms with Crippen LogP contribution in [-0.2, 0) is 14.3 Å². The van der Waals surface area contributed by atoms with Gasteiger partial charge in [-0.2, -0.15) is 0 Å². The lowest BCUT2D eigenvalue weighted by Crippen LogP contribution is -2.70. The van der Waals surface area contributed by atoms with Gasteiger partial charge in [0.05, 0.1) is 6.10 Å². The standard InChI is InChI=1S/C16H28N2O3/c1-4-13-14(19)18(10-9-12-8-7-11-21-12)16(5-2,6-3)15(20)17-13/h12-13H,4-11H2,1-3H3,(H,17,20). The minimum atomic E-state index is -0.679. The largest absolute Gasteiger partial charge is 0.378 e. The lowest BCUT2D eigenvalue weighted by atomic mass is 9.85. The molecule has 2 atom stereocenters. The second kappa shape index (κ2) is 6.77. The number of nitrogens with one attached hydrogen (secondary N) is 1. The molecule has 0 radical (unpaired) electrons. The van der Waals surface area contributed by atoms with Crippen LogP contribution >= 0.6 is 0 Å². The molecule has 0 aliphatic carbocycles. The van der Waals surface area contributed by atoms with Crippen LogP contribution in [0, 0.1) is 0 Å². The Labute approximate surface area is 127 Å². The van der Waals surface area contributed by atoms with Crippen molar-refractivity contribution in [3.05, 3.63) is 0 Å². The van der Waals surface area contributed by atoms with Crippen molar-refractivity contribution in [1.29, 1.82) is 0 Å². The quantitative estimate of drug-likeness (QED) is 0.814. The van der Waals surface area contributed by atoms with Crippen molar-refractivity contribution >= 4 is 11.8 Å². The fourth-order valence-electron chi connectivity index (χ4n) is 3.57. The highest BCUT2D eigenvalue weighted by atomic mass is 16.5. The third kappa shape index (κ3) is 2.93. The van der Waals surface area contributed by atoms with E-state index in [0.29, 0.717) is 25.8 Å². The molecule has 21 heavy (non-hydrogen) atoms. The van der Waals surface area contributed by atoms with Gasteiger partial charge >= 0.3 is 0 Å². The lowest BCUT2D eigenvalue weighted by Gasteiger charge is -2.47. The average molecular weight is 296 g/mol. The van der Waals surface area contributed by atoms with Gasteiger partial charge in [-0.25, -0.2) is 0 Å². The molecule has 120 valence electrons. The molecule has 2 rings (SSSR count). The summed E-state index contributed by atoms with van der Waals surface area (Å²) in [6.07, 6.45) is 5.20. The molecule has 0 spiro atoms. The molecule has 2 amide bonds. The van der Waals surface area contributed by atoms with Gasteiger partial charge in [0.15, 0.2) is 0 Å². The van der Waals surface area contributed by atoms with Gasteiger partial charge in [0.1, 0.15) is 11.6 Å². The maximum atomic E-state index is 12.7. The van der Waals surface area contributed by atoms with Crippen LogP contribution in [0.1, 0.15) is 59.3 Å². The van der Waals surface area contributed by atoms with E-state index in [4.69, 9.17) is 4.74 Å². The third-order valence-corrected chi connectivity index (χ3v) is 5.09. The van der Waals surface area contributed by atoms with Gasteiger partial charge in [-0.1, -0.05) is 20.8 Å². The van der Waals surface area contributed by atoms with E-state index >= 15 is 0 Å². The second-order valence-corrected chi connectivity index (χ2v) is 6.09. The summed E-state index contributed by atoms with van der Waals surface area (Å²) in [4.78, 5) is 27.1. The summed E-state index contributed by atoms with van der Waals surface area (Å²) in [6, 6.07) is -0.367. The van der Waals surface area contributed by atoms with Crippen LogP contribution in [0.4, 0.5) is 0 Å². The molecule has 0 aromatic rings. The molecule has 5 heteroatoms. The van der Waals surface area contributed by atoms with E-state index in [9.17, 15) is 9.59 Å². The molecule has 5 nitrogen and oxygen atoms in total. The first-order valence-electron chi connectivity index (χ1n) is 8.33. The Kier molecular flexibility index (Phi) is 5.25. The number of nitrogens with zero attached hydrogens (tertiary/aromatic N) is 1. The smallest absolute Gasteiger partial charge is 0.246 e.